The van der Waals surface area contributed by atoms with Crippen molar-refractivity contribution in [1.29, 1.82) is 0 Å². The molecule has 0 aromatic carbocycles. The second kappa shape index (κ2) is 10.2. The van der Waals surface area contributed by atoms with Gasteiger partial charge in [-0.05, 0) is 135 Å². The van der Waals surface area contributed by atoms with Crippen molar-refractivity contribution in [3.8, 4) is 0 Å². The predicted octanol–water partition coefficient (Wildman–Crippen LogP) is 6.67. The van der Waals surface area contributed by atoms with Crippen molar-refractivity contribution in [2.24, 2.45) is 51.2 Å². The fourth-order valence-electron chi connectivity index (χ4n) is 12.8. The molecule has 2 spiro atoms. The molecule has 2 saturated heterocycles. The number of carboxylic acids is 1. The Balaban J connectivity index is 0.00000312. The van der Waals surface area contributed by atoms with Crippen molar-refractivity contribution >= 4 is 11.9 Å². The van der Waals surface area contributed by atoms with E-state index in [0.29, 0.717) is 72.6 Å². The van der Waals surface area contributed by atoms with E-state index in [0.717, 1.165) is 24.7 Å². The topological polar surface area (TPSA) is 85.3 Å². The Hall–Kier alpha value is -1.18. The molecule has 8 unspecified atom stereocenters. The summed E-state index contributed by atoms with van der Waals surface area (Å²) in [4.78, 5) is 26.0. The maximum atomic E-state index is 12.8. The molecule has 7 heteroatoms. The standard InChI is InChI=1S/C36H55NO6.H2/c1-33(2)28-10-9-24-26-19-27-25(8-6-23(42-27)7-11-31(39)40)34(26,3)14-15-35(24)21-36(28,35)13-12-29(33)43-32-20-37(16-17-41-32)30(38)18-22-4-5-22;/h22-29,32H,4-21H2,1-3H3,(H,39,40);1H/t23?,24?,25?,26?,27?,28?,29-,32?,34+,35-,36?;/m0./s1. The number of carbonyl (C=O) groups is 2. The molecule has 2 heterocycles. The van der Waals surface area contributed by atoms with Gasteiger partial charge in [-0.2, -0.15) is 0 Å². The van der Waals surface area contributed by atoms with E-state index in [4.69, 9.17) is 14.2 Å². The van der Waals surface area contributed by atoms with Crippen LogP contribution in [0.4, 0.5) is 0 Å². The molecule has 1 N–H and O–H groups in total. The summed E-state index contributed by atoms with van der Waals surface area (Å²) in [5.41, 5.74) is 1.46. The number of ether oxygens (including phenoxy) is 3. The molecule has 1 amide bonds. The summed E-state index contributed by atoms with van der Waals surface area (Å²) in [7, 11) is 0. The average molecular weight is 600 g/mol. The lowest BCUT2D eigenvalue weighted by Gasteiger charge is -2.60. The first-order valence-electron chi connectivity index (χ1n) is 18.0. The van der Waals surface area contributed by atoms with E-state index in [2.05, 4.69) is 20.8 Å². The zero-order valence-electron chi connectivity index (χ0n) is 26.9. The quantitative estimate of drug-likeness (QED) is 0.352. The van der Waals surface area contributed by atoms with Gasteiger partial charge < -0.3 is 24.2 Å². The summed E-state index contributed by atoms with van der Waals surface area (Å²) < 4.78 is 19.6. The van der Waals surface area contributed by atoms with Gasteiger partial charge >= 0.3 is 5.97 Å². The van der Waals surface area contributed by atoms with Crippen molar-refractivity contribution in [3.05, 3.63) is 0 Å². The molecular weight excluding hydrogens is 542 g/mol. The van der Waals surface area contributed by atoms with Crippen molar-refractivity contribution in [3.63, 3.8) is 0 Å². The highest BCUT2D eigenvalue weighted by atomic mass is 16.7. The van der Waals surface area contributed by atoms with E-state index in [9.17, 15) is 14.7 Å². The zero-order chi connectivity index (χ0) is 29.8. The largest absolute Gasteiger partial charge is 0.481 e. The van der Waals surface area contributed by atoms with Crippen LogP contribution in [0.1, 0.15) is 119 Å². The van der Waals surface area contributed by atoms with E-state index in [1.54, 1.807) is 0 Å². The highest BCUT2D eigenvalue weighted by Crippen LogP contribution is 2.87. The van der Waals surface area contributed by atoms with Crippen molar-refractivity contribution in [1.82, 2.24) is 4.90 Å². The number of aliphatic carboxylic acids is 1. The molecular formula is C36H57NO6. The molecule has 2 aliphatic heterocycles. The smallest absolute Gasteiger partial charge is 0.303 e. The third-order valence-corrected chi connectivity index (χ3v) is 15.2. The van der Waals surface area contributed by atoms with Gasteiger partial charge in [-0.15, -0.1) is 0 Å². The monoisotopic (exact) mass is 599 g/mol. The van der Waals surface area contributed by atoms with Gasteiger partial charge in [0.2, 0.25) is 5.91 Å². The van der Waals surface area contributed by atoms with Gasteiger partial charge in [-0.25, -0.2) is 0 Å². The van der Waals surface area contributed by atoms with Crippen LogP contribution >= 0.6 is 0 Å². The number of amides is 1. The van der Waals surface area contributed by atoms with Gasteiger partial charge in [0.15, 0.2) is 6.29 Å². The Morgan fingerprint density at radius 2 is 1.77 bits per heavy atom. The Kier molecular flexibility index (Phi) is 6.91. The number of hydrogen-bond acceptors (Lipinski definition) is 5. The summed E-state index contributed by atoms with van der Waals surface area (Å²) in [6.45, 7) is 9.44. The van der Waals surface area contributed by atoms with Crippen LogP contribution in [-0.2, 0) is 23.8 Å². The lowest BCUT2D eigenvalue weighted by Crippen LogP contribution is -2.56. The van der Waals surface area contributed by atoms with Gasteiger partial charge in [0.25, 0.3) is 0 Å². The van der Waals surface area contributed by atoms with Crippen LogP contribution in [-0.4, -0.2) is 66.2 Å². The molecule has 242 valence electrons. The zero-order valence-corrected chi connectivity index (χ0v) is 26.9. The molecule has 0 radical (unpaired) electrons. The molecule has 0 aromatic heterocycles. The van der Waals surface area contributed by atoms with E-state index in [1.165, 1.54) is 64.2 Å². The Morgan fingerprint density at radius 1 is 0.953 bits per heavy atom. The van der Waals surface area contributed by atoms with Crippen LogP contribution in [0.25, 0.3) is 0 Å². The molecule has 8 rings (SSSR count). The predicted molar refractivity (Wildman–Crippen MR) is 163 cm³/mol. The third-order valence-electron chi connectivity index (χ3n) is 15.2. The Bertz CT molecular complexity index is 1140. The second-order valence-corrected chi connectivity index (χ2v) is 17.3. The number of morpholine rings is 1. The second-order valence-electron chi connectivity index (χ2n) is 17.3. The Labute approximate surface area is 259 Å². The van der Waals surface area contributed by atoms with Gasteiger partial charge in [0.1, 0.15) is 0 Å². The minimum absolute atomic E-state index is 0. The van der Waals surface area contributed by atoms with Gasteiger partial charge in [0, 0.05) is 20.8 Å². The molecule has 6 aliphatic carbocycles. The maximum absolute atomic E-state index is 12.8. The Morgan fingerprint density at radius 3 is 2.56 bits per heavy atom. The van der Waals surface area contributed by atoms with Gasteiger partial charge in [0.05, 0.1) is 31.5 Å². The van der Waals surface area contributed by atoms with Gasteiger partial charge in [-0.3, -0.25) is 9.59 Å². The van der Waals surface area contributed by atoms with E-state index in [-0.39, 0.29) is 37.7 Å². The van der Waals surface area contributed by atoms with E-state index in [1.807, 2.05) is 4.90 Å². The van der Waals surface area contributed by atoms with E-state index >= 15 is 0 Å². The maximum Gasteiger partial charge on any atom is 0.303 e. The SMILES string of the molecule is CC1(C)C2CCC3C4CC5OC(CCC(=O)O)CCC5[C@@]4(C)CC[C@]34CC24CC[C@@H]1OC1CN(C(=O)CC2CC2)CCO1.[HH]. The summed E-state index contributed by atoms with van der Waals surface area (Å²) >= 11 is 0. The van der Waals surface area contributed by atoms with Gasteiger partial charge in [-0.1, -0.05) is 20.8 Å². The summed E-state index contributed by atoms with van der Waals surface area (Å²) in [6, 6.07) is 0. The van der Waals surface area contributed by atoms with Crippen molar-refractivity contribution in [2.45, 2.75) is 142 Å². The summed E-state index contributed by atoms with van der Waals surface area (Å²) in [5, 5.41) is 9.21. The number of hydrogen-bond donors (Lipinski definition) is 1. The molecule has 8 fully saturated rings. The third kappa shape index (κ3) is 4.51. The summed E-state index contributed by atoms with van der Waals surface area (Å²) in [6.07, 6.45) is 17.0. The number of fused-ring (bicyclic) bond motifs is 4. The van der Waals surface area contributed by atoms with Crippen LogP contribution in [0.2, 0.25) is 0 Å². The van der Waals surface area contributed by atoms with Crippen LogP contribution < -0.4 is 0 Å². The highest BCUT2D eigenvalue weighted by molar-refractivity contribution is 5.76. The molecule has 7 nitrogen and oxygen atoms in total. The highest BCUT2D eigenvalue weighted by Gasteiger charge is 2.80. The average Bonchev–Trinajstić information content (AvgIpc) is 3.89. The molecule has 0 aromatic rings. The van der Waals surface area contributed by atoms with Crippen LogP contribution in [0.15, 0.2) is 0 Å². The fourth-order valence-corrected chi connectivity index (χ4v) is 12.8. The first-order chi connectivity index (χ1) is 20.6. The first kappa shape index (κ1) is 29.2. The molecule has 8 aliphatic rings. The summed E-state index contributed by atoms with van der Waals surface area (Å²) in [5.74, 6) is 3.11. The fraction of sp³-hybridized carbons (Fsp3) is 0.944. The number of carbonyl (C=O) groups excluding carboxylic acids is 1. The van der Waals surface area contributed by atoms with E-state index < -0.39 is 5.97 Å². The lowest BCUT2D eigenvalue weighted by molar-refractivity contribution is -0.244. The molecule has 11 atom stereocenters. The molecule has 6 saturated carbocycles. The van der Waals surface area contributed by atoms with Crippen LogP contribution in [0.3, 0.4) is 0 Å². The molecule has 0 bridgehead atoms. The molecule has 43 heavy (non-hydrogen) atoms. The number of nitrogens with zero attached hydrogens (tertiary/aromatic N) is 1. The minimum Gasteiger partial charge on any atom is -0.481 e. The first-order valence-corrected chi connectivity index (χ1v) is 18.0. The minimum atomic E-state index is -0.703. The van der Waals surface area contributed by atoms with Crippen LogP contribution in [0.5, 0.6) is 0 Å². The number of rotatable bonds is 7. The van der Waals surface area contributed by atoms with Crippen LogP contribution in [0, 0.1) is 51.2 Å². The lowest BCUT2D eigenvalue weighted by atomic mass is 9.46. The van der Waals surface area contributed by atoms with Crippen molar-refractivity contribution < 1.29 is 30.3 Å². The number of carboxylic acid groups (broad SMARTS) is 1. The normalized spacial score (nSPS) is 49.6. The van der Waals surface area contributed by atoms with Crippen molar-refractivity contribution in [2.75, 3.05) is 19.7 Å².